The molecule has 0 saturated carbocycles. The molecule has 0 aliphatic heterocycles. The lowest BCUT2D eigenvalue weighted by Crippen LogP contribution is -2.44. The molecule has 0 aromatic heterocycles. The van der Waals surface area contributed by atoms with Gasteiger partial charge in [-0.3, -0.25) is 4.79 Å². The van der Waals surface area contributed by atoms with Gasteiger partial charge in [-0.05, 0) is 31.2 Å². The molecule has 8 heteroatoms. The molecule has 0 aliphatic carbocycles. The van der Waals surface area contributed by atoms with Crippen molar-refractivity contribution in [3.05, 3.63) is 29.8 Å². The maximum absolute atomic E-state index is 12.0. The van der Waals surface area contributed by atoms with Crippen LogP contribution >= 0.6 is 0 Å². The third-order valence-corrected chi connectivity index (χ3v) is 2.24. The molecule has 1 aromatic rings. The van der Waals surface area contributed by atoms with Gasteiger partial charge in [0.2, 0.25) is 0 Å². The molecular weight excluding hydrogens is 279 g/mol. The summed E-state index contributed by atoms with van der Waals surface area (Å²) in [6, 6.07) is 4.51. The van der Waals surface area contributed by atoms with Gasteiger partial charge in [-0.15, -0.1) is 0 Å². The second-order valence-corrected chi connectivity index (χ2v) is 4.01. The molecule has 2 N–H and O–H groups in total. The third kappa shape index (κ3) is 4.79. The van der Waals surface area contributed by atoms with Gasteiger partial charge < -0.3 is 15.2 Å². The van der Waals surface area contributed by atoms with E-state index in [1.54, 1.807) is 5.32 Å². The number of carboxylic acid groups (broad SMARTS) is 1. The molecule has 20 heavy (non-hydrogen) atoms. The second kappa shape index (κ2) is 6.27. The summed E-state index contributed by atoms with van der Waals surface area (Å²) in [4.78, 5) is 21.2. The average molecular weight is 291 g/mol. The van der Waals surface area contributed by atoms with Gasteiger partial charge in [-0.1, -0.05) is 0 Å². The van der Waals surface area contributed by atoms with Crippen LogP contribution in [0.4, 0.5) is 13.2 Å². The Balaban J connectivity index is 2.47. The van der Waals surface area contributed by atoms with Crippen molar-refractivity contribution in [2.24, 2.45) is 0 Å². The fraction of sp³-hybridized carbons (Fsp3) is 0.333. The summed E-state index contributed by atoms with van der Waals surface area (Å²) in [6.07, 6.45) is -4.93. The van der Waals surface area contributed by atoms with Crippen LogP contribution in [0.1, 0.15) is 17.3 Å². The van der Waals surface area contributed by atoms with Gasteiger partial charge in [0, 0.05) is 0 Å². The number of ether oxygens (including phenoxy) is 1. The van der Waals surface area contributed by atoms with Crippen LogP contribution < -0.4 is 10.1 Å². The molecule has 1 atom stereocenters. The predicted molar refractivity (Wildman–Crippen MR) is 62.6 cm³/mol. The lowest BCUT2D eigenvalue weighted by atomic mass is 10.2. The molecule has 0 spiro atoms. The molecule has 1 aromatic carbocycles. The molecule has 0 fully saturated rings. The number of alkyl halides is 3. The summed E-state index contributed by atoms with van der Waals surface area (Å²) in [5.41, 5.74) is 0.0655. The van der Waals surface area contributed by atoms with E-state index in [1.807, 2.05) is 0 Å². The van der Waals surface area contributed by atoms with Crippen molar-refractivity contribution in [3.63, 3.8) is 0 Å². The SMILES string of the molecule is CC(COc1ccc(C(=O)O)cc1)NC(=O)C(F)(F)F. The zero-order valence-corrected chi connectivity index (χ0v) is 10.4. The molecule has 0 saturated heterocycles. The monoisotopic (exact) mass is 291 g/mol. The van der Waals surface area contributed by atoms with E-state index < -0.39 is 24.1 Å². The first-order valence-electron chi connectivity index (χ1n) is 5.54. The Labute approximate surface area is 112 Å². The van der Waals surface area contributed by atoms with Crippen molar-refractivity contribution in [2.45, 2.75) is 19.1 Å². The first-order valence-corrected chi connectivity index (χ1v) is 5.54. The number of halogens is 3. The fourth-order valence-electron chi connectivity index (χ4n) is 1.26. The zero-order valence-electron chi connectivity index (χ0n) is 10.4. The van der Waals surface area contributed by atoms with Crippen LogP contribution in [-0.4, -0.2) is 35.8 Å². The fourth-order valence-corrected chi connectivity index (χ4v) is 1.26. The van der Waals surface area contributed by atoms with Gasteiger partial charge in [0.05, 0.1) is 11.6 Å². The van der Waals surface area contributed by atoms with Crippen molar-refractivity contribution in [3.8, 4) is 5.75 Å². The summed E-state index contributed by atoms with van der Waals surface area (Å²) >= 11 is 0. The number of rotatable bonds is 5. The van der Waals surface area contributed by atoms with Crippen molar-refractivity contribution < 1.29 is 32.6 Å². The minimum atomic E-state index is -4.93. The number of carbonyl (C=O) groups excluding carboxylic acids is 1. The van der Waals surface area contributed by atoms with Gasteiger partial charge in [0.1, 0.15) is 12.4 Å². The molecule has 0 bridgehead atoms. The lowest BCUT2D eigenvalue weighted by Gasteiger charge is -2.16. The first kappa shape index (κ1) is 15.8. The van der Waals surface area contributed by atoms with Gasteiger partial charge in [-0.25, -0.2) is 4.79 Å². The van der Waals surface area contributed by atoms with Gasteiger partial charge in [-0.2, -0.15) is 13.2 Å². The molecule has 1 unspecified atom stereocenters. The van der Waals surface area contributed by atoms with E-state index in [-0.39, 0.29) is 12.2 Å². The lowest BCUT2D eigenvalue weighted by molar-refractivity contribution is -0.174. The van der Waals surface area contributed by atoms with Crippen molar-refractivity contribution in [1.29, 1.82) is 0 Å². The van der Waals surface area contributed by atoms with Crippen LogP contribution in [0.2, 0.25) is 0 Å². The van der Waals surface area contributed by atoms with Crippen LogP contribution in [0.5, 0.6) is 5.75 Å². The largest absolute Gasteiger partial charge is 0.491 e. The van der Waals surface area contributed by atoms with Gasteiger partial charge in [0.15, 0.2) is 0 Å². The van der Waals surface area contributed by atoms with E-state index in [1.165, 1.54) is 31.2 Å². The molecule has 0 heterocycles. The van der Waals surface area contributed by atoms with Gasteiger partial charge in [0.25, 0.3) is 0 Å². The Hall–Kier alpha value is -2.25. The Morgan fingerprint density at radius 2 is 1.85 bits per heavy atom. The number of hydrogen-bond acceptors (Lipinski definition) is 3. The average Bonchev–Trinajstić information content (AvgIpc) is 2.35. The Kier molecular flexibility index (Phi) is 4.95. The highest BCUT2D eigenvalue weighted by molar-refractivity contribution is 5.87. The van der Waals surface area contributed by atoms with Crippen molar-refractivity contribution in [2.75, 3.05) is 6.61 Å². The van der Waals surface area contributed by atoms with Gasteiger partial charge >= 0.3 is 18.1 Å². The molecule has 1 rings (SSSR count). The molecule has 0 radical (unpaired) electrons. The number of benzene rings is 1. The number of hydrogen-bond donors (Lipinski definition) is 2. The number of amides is 1. The van der Waals surface area contributed by atoms with Crippen LogP contribution in [0.15, 0.2) is 24.3 Å². The highest BCUT2D eigenvalue weighted by Gasteiger charge is 2.39. The molecule has 5 nitrogen and oxygen atoms in total. The first-order chi connectivity index (χ1) is 9.20. The predicted octanol–water partition coefficient (Wildman–Crippen LogP) is 1.83. The smallest absolute Gasteiger partial charge is 0.471 e. The Bertz CT molecular complexity index is 484. The molecule has 1 amide bonds. The van der Waals surface area contributed by atoms with Crippen molar-refractivity contribution >= 4 is 11.9 Å². The highest BCUT2D eigenvalue weighted by Crippen LogP contribution is 2.15. The van der Waals surface area contributed by atoms with Crippen LogP contribution in [0.3, 0.4) is 0 Å². The Morgan fingerprint density at radius 3 is 2.30 bits per heavy atom. The third-order valence-electron chi connectivity index (χ3n) is 2.24. The zero-order chi connectivity index (χ0) is 15.3. The maximum atomic E-state index is 12.0. The summed E-state index contributed by atoms with van der Waals surface area (Å²) < 4.78 is 41.1. The maximum Gasteiger partial charge on any atom is 0.471 e. The molecule has 110 valence electrons. The van der Waals surface area contributed by atoms with E-state index in [0.717, 1.165) is 0 Å². The van der Waals surface area contributed by atoms with E-state index in [0.29, 0.717) is 5.75 Å². The normalized spacial score (nSPS) is 12.6. The second-order valence-electron chi connectivity index (χ2n) is 4.01. The number of carboxylic acids is 1. The summed E-state index contributed by atoms with van der Waals surface area (Å²) in [6.45, 7) is 1.18. The minimum Gasteiger partial charge on any atom is -0.491 e. The van der Waals surface area contributed by atoms with E-state index >= 15 is 0 Å². The van der Waals surface area contributed by atoms with Crippen LogP contribution in [0, 0.1) is 0 Å². The summed E-state index contributed by atoms with van der Waals surface area (Å²) in [5, 5.41) is 10.4. The quantitative estimate of drug-likeness (QED) is 0.868. The van der Waals surface area contributed by atoms with Crippen molar-refractivity contribution in [1.82, 2.24) is 5.32 Å². The molecule has 0 aliphatic rings. The van der Waals surface area contributed by atoms with Crippen LogP contribution in [-0.2, 0) is 4.79 Å². The van der Waals surface area contributed by atoms with E-state index in [9.17, 15) is 22.8 Å². The highest BCUT2D eigenvalue weighted by atomic mass is 19.4. The number of nitrogens with one attached hydrogen (secondary N) is 1. The number of aromatic carboxylic acids is 1. The summed E-state index contributed by atoms with van der Waals surface area (Å²) in [5.74, 6) is -2.83. The Morgan fingerprint density at radius 1 is 1.30 bits per heavy atom. The van der Waals surface area contributed by atoms with E-state index in [2.05, 4.69) is 0 Å². The minimum absolute atomic E-state index is 0.0655. The topological polar surface area (TPSA) is 75.6 Å². The van der Waals surface area contributed by atoms with Crippen LogP contribution in [0.25, 0.3) is 0 Å². The standard InChI is InChI=1S/C12H12F3NO4/c1-7(16-11(19)12(13,14)15)6-20-9-4-2-8(3-5-9)10(17)18/h2-5,7H,6H2,1H3,(H,16,19)(H,17,18). The summed E-state index contributed by atoms with van der Waals surface area (Å²) in [7, 11) is 0. The van der Waals surface area contributed by atoms with E-state index in [4.69, 9.17) is 9.84 Å². The number of carbonyl (C=O) groups is 2. The molecular formula is C12H12F3NO4.